The van der Waals surface area contributed by atoms with Gasteiger partial charge in [-0.05, 0) is 25.0 Å². The van der Waals surface area contributed by atoms with Crippen LogP contribution in [0.25, 0.3) is 0 Å². The number of carbonyl (C=O) groups excluding carboxylic acids is 1. The summed E-state index contributed by atoms with van der Waals surface area (Å²) in [5.74, 6) is 1.09. The Kier molecular flexibility index (Phi) is 3.29. The molecule has 0 spiro atoms. The van der Waals surface area contributed by atoms with Gasteiger partial charge in [-0.3, -0.25) is 10.1 Å². The smallest absolute Gasteiger partial charge is 0.239 e. The van der Waals surface area contributed by atoms with E-state index >= 15 is 0 Å². The van der Waals surface area contributed by atoms with Crippen LogP contribution in [0.4, 0.5) is 0 Å². The monoisotopic (exact) mass is 222 g/mol. The predicted octanol–water partition coefficient (Wildman–Crippen LogP) is 1.55. The zero-order chi connectivity index (χ0) is 11.5. The van der Waals surface area contributed by atoms with Crippen molar-refractivity contribution >= 4 is 5.91 Å². The van der Waals surface area contributed by atoms with Crippen molar-refractivity contribution in [3.8, 4) is 0 Å². The molecule has 1 N–H and O–H groups in total. The summed E-state index contributed by atoms with van der Waals surface area (Å²) in [5, 5.41) is 3.36. The number of amides is 1. The number of carbonyl (C=O) groups is 1. The quantitative estimate of drug-likeness (QED) is 0.840. The average molecular weight is 222 g/mol. The molecule has 2 heterocycles. The van der Waals surface area contributed by atoms with Crippen molar-refractivity contribution in [3.63, 3.8) is 0 Å². The highest BCUT2D eigenvalue weighted by atomic mass is 16.3. The number of nitrogens with zero attached hydrogens (tertiary/aromatic N) is 1. The second-order valence-electron chi connectivity index (χ2n) is 4.24. The van der Waals surface area contributed by atoms with E-state index in [1.165, 1.54) is 0 Å². The van der Waals surface area contributed by atoms with Gasteiger partial charge in [0.2, 0.25) is 5.91 Å². The van der Waals surface area contributed by atoms with Crippen molar-refractivity contribution in [2.45, 2.75) is 31.8 Å². The Morgan fingerprint density at radius 2 is 2.50 bits per heavy atom. The van der Waals surface area contributed by atoms with Crippen molar-refractivity contribution in [1.29, 1.82) is 0 Å². The summed E-state index contributed by atoms with van der Waals surface area (Å²) < 4.78 is 5.37. The minimum absolute atomic E-state index is 0.0555. The Bertz CT molecular complexity index is 348. The van der Waals surface area contributed by atoms with E-state index in [4.69, 9.17) is 4.42 Å². The number of furan rings is 1. The van der Waals surface area contributed by atoms with E-state index in [2.05, 4.69) is 12.2 Å². The third kappa shape index (κ3) is 2.11. The molecule has 0 saturated carbocycles. The highest BCUT2D eigenvalue weighted by Gasteiger charge is 2.31. The second kappa shape index (κ2) is 4.70. The van der Waals surface area contributed by atoms with Crippen molar-refractivity contribution in [1.82, 2.24) is 10.2 Å². The first-order valence-electron chi connectivity index (χ1n) is 5.76. The summed E-state index contributed by atoms with van der Waals surface area (Å²) in [6.45, 7) is 2.93. The van der Waals surface area contributed by atoms with Crippen molar-refractivity contribution < 1.29 is 9.21 Å². The van der Waals surface area contributed by atoms with Crippen LogP contribution >= 0.6 is 0 Å². The van der Waals surface area contributed by atoms with Crippen LogP contribution in [0.2, 0.25) is 0 Å². The van der Waals surface area contributed by atoms with Crippen LogP contribution < -0.4 is 5.32 Å². The van der Waals surface area contributed by atoms with E-state index in [9.17, 15) is 4.79 Å². The molecule has 16 heavy (non-hydrogen) atoms. The molecule has 1 amide bonds. The van der Waals surface area contributed by atoms with E-state index in [1.807, 2.05) is 19.2 Å². The molecule has 0 bridgehead atoms. The third-order valence-electron chi connectivity index (χ3n) is 3.12. The molecule has 88 valence electrons. The summed E-state index contributed by atoms with van der Waals surface area (Å²) in [6, 6.07) is 3.91. The molecule has 0 aliphatic carbocycles. The lowest BCUT2D eigenvalue weighted by atomic mass is 10.1. The fourth-order valence-corrected chi connectivity index (χ4v) is 2.11. The Labute approximate surface area is 95.6 Å². The lowest BCUT2D eigenvalue weighted by Crippen LogP contribution is -2.38. The number of likely N-dealkylation sites (tertiary alicyclic amines) is 1. The first kappa shape index (κ1) is 11.2. The molecular formula is C12H18N2O2. The summed E-state index contributed by atoms with van der Waals surface area (Å²) in [4.78, 5) is 13.5. The summed E-state index contributed by atoms with van der Waals surface area (Å²) in [5.41, 5.74) is 0. The number of rotatable bonds is 4. The van der Waals surface area contributed by atoms with Gasteiger partial charge >= 0.3 is 0 Å². The molecule has 1 aromatic heterocycles. The Hall–Kier alpha value is -1.29. The minimum atomic E-state index is -0.0555. The molecule has 1 aliphatic heterocycles. The van der Waals surface area contributed by atoms with Crippen LogP contribution in [0, 0.1) is 0 Å². The van der Waals surface area contributed by atoms with Crippen molar-refractivity contribution in [2.75, 3.05) is 13.6 Å². The number of nitrogens with one attached hydrogen (secondary N) is 1. The van der Waals surface area contributed by atoms with Crippen LogP contribution in [0.3, 0.4) is 0 Å². The van der Waals surface area contributed by atoms with Gasteiger partial charge in [0.05, 0.1) is 18.3 Å². The van der Waals surface area contributed by atoms with Gasteiger partial charge in [0.25, 0.3) is 0 Å². The number of hydrogen-bond acceptors (Lipinski definition) is 3. The lowest BCUT2D eigenvalue weighted by molar-refractivity contribution is -0.128. The summed E-state index contributed by atoms with van der Waals surface area (Å²) >= 11 is 0. The molecular weight excluding hydrogens is 204 g/mol. The van der Waals surface area contributed by atoms with Crippen molar-refractivity contribution in [2.24, 2.45) is 0 Å². The zero-order valence-electron chi connectivity index (χ0n) is 9.77. The highest BCUT2D eigenvalue weighted by Crippen LogP contribution is 2.20. The maximum atomic E-state index is 11.8. The fraction of sp³-hybridized carbons (Fsp3) is 0.583. The van der Waals surface area contributed by atoms with Gasteiger partial charge < -0.3 is 9.32 Å². The molecule has 4 nitrogen and oxygen atoms in total. The third-order valence-corrected chi connectivity index (χ3v) is 3.12. The van der Waals surface area contributed by atoms with E-state index < -0.39 is 0 Å². The normalized spacial score (nSPS) is 22.8. The first-order chi connectivity index (χ1) is 7.72. The largest absolute Gasteiger partial charge is 0.468 e. The molecule has 0 radical (unpaired) electrons. The van der Waals surface area contributed by atoms with E-state index in [0.717, 1.165) is 25.1 Å². The van der Waals surface area contributed by atoms with Crippen LogP contribution in [0.5, 0.6) is 0 Å². The molecule has 2 unspecified atom stereocenters. The Morgan fingerprint density at radius 1 is 1.69 bits per heavy atom. The molecule has 2 rings (SSSR count). The molecule has 1 aliphatic rings. The number of likely N-dealkylation sites (N-methyl/N-ethyl adjacent to an activating group) is 1. The molecule has 4 heteroatoms. The Morgan fingerprint density at radius 3 is 3.00 bits per heavy atom. The number of hydrogen-bond donors (Lipinski definition) is 1. The van der Waals surface area contributed by atoms with Gasteiger partial charge in [0, 0.05) is 13.6 Å². The zero-order valence-corrected chi connectivity index (χ0v) is 9.77. The molecule has 1 aromatic rings. The van der Waals surface area contributed by atoms with E-state index in [1.54, 1.807) is 11.2 Å². The molecule has 1 saturated heterocycles. The summed E-state index contributed by atoms with van der Waals surface area (Å²) in [7, 11) is 1.85. The second-order valence-corrected chi connectivity index (χ2v) is 4.24. The maximum Gasteiger partial charge on any atom is 0.239 e. The molecule has 1 fully saturated rings. The van der Waals surface area contributed by atoms with Gasteiger partial charge in [-0.25, -0.2) is 0 Å². The molecule has 2 atom stereocenters. The van der Waals surface area contributed by atoms with Crippen LogP contribution in [-0.4, -0.2) is 30.4 Å². The molecule has 0 aromatic carbocycles. The van der Waals surface area contributed by atoms with Crippen LogP contribution in [-0.2, 0) is 4.79 Å². The van der Waals surface area contributed by atoms with Gasteiger partial charge in [-0.1, -0.05) is 6.92 Å². The van der Waals surface area contributed by atoms with Gasteiger partial charge in [0.15, 0.2) is 0 Å². The van der Waals surface area contributed by atoms with Gasteiger partial charge in [0.1, 0.15) is 5.76 Å². The highest BCUT2D eigenvalue weighted by molar-refractivity contribution is 5.83. The average Bonchev–Trinajstić information content (AvgIpc) is 2.90. The topological polar surface area (TPSA) is 45.5 Å². The van der Waals surface area contributed by atoms with E-state index in [-0.39, 0.29) is 18.0 Å². The van der Waals surface area contributed by atoms with Gasteiger partial charge in [-0.2, -0.15) is 0 Å². The van der Waals surface area contributed by atoms with E-state index in [0.29, 0.717) is 0 Å². The van der Waals surface area contributed by atoms with Crippen LogP contribution in [0.15, 0.2) is 22.8 Å². The lowest BCUT2D eigenvalue weighted by Gasteiger charge is -2.19. The standard InChI is InChI=1S/C12H18N2O2/c1-3-9(11-5-4-8-16-11)13-10-6-7-14(2)12(10)15/h4-5,8-10,13H,3,6-7H2,1-2H3. The first-order valence-corrected chi connectivity index (χ1v) is 5.76. The minimum Gasteiger partial charge on any atom is -0.468 e. The maximum absolute atomic E-state index is 11.8. The predicted molar refractivity (Wildman–Crippen MR) is 60.9 cm³/mol. The summed E-state index contributed by atoms with van der Waals surface area (Å²) in [6.07, 6.45) is 3.47. The SMILES string of the molecule is CCC(NC1CCN(C)C1=O)c1ccco1. The van der Waals surface area contributed by atoms with Crippen LogP contribution in [0.1, 0.15) is 31.6 Å². The van der Waals surface area contributed by atoms with Gasteiger partial charge in [-0.15, -0.1) is 0 Å². The Balaban J connectivity index is 2.00. The fourth-order valence-electron chi connectivity index (χ4n) is 2.11. The van der Waals surface area contributed by atoms with Crippen molar-refractivity contribution in [3.05, 3.63) is 24.2 Å².